The molecule has 0 amide bonds. The van der Waals surface area contributed by atoms with Crippen LogP contribution in [-0.4, -0.2) is 32.7 Å². The molecular formula is C12H13ClO4. The van der Waals surface area contributed by atoms with Gasteiger partial charge in [0.05, 0.1) is 25.3 Å². The number of carbonyl (C=O) groups is 1. The first kappa shape index (κ1) is 12.2. The van der Waals surface area contributed by atoms with E-state index in [1.807, 2.05) is 0 Å². The predicted octanol–water partition coefficient (Wildman–Crippen LogP) is 2.33. The van der Waals surface area contributed by atoms with Crippen LogP contribution in [-0.2, 0) is 4.74 Å². The highest BCUT2D eigenvalue weighted by Crippen LogP contribution is 2.37. The fourth-order valence-corrected chi connectivity index (χ4v) is 1.96. The second kappa shape index (κ2) is 5.38. The summed E-state index contributed by atoms with van der Waals surface area (Å²) in [5, 5.41) is 0.373. The van der Waals surface area contributed by atoms with Crippen molar-refractivity contribution in [2.45, 2.75) is 12.5 Å². The van der Waals surface area contributed by atoms with Crippen LogP contribution in [0.3, 0.4) is 0 Å². The largest absolute Gasteiger partial charge is 0.493 e. The standard InChI is InChI=1S/C12H13ClO4/c1-15-11-5-8(6-14)4-10(13)12(11)17-9-2-3-16-7-9/h4-6,9H,2-3,7H2,1H3. The number of methoxy groups -OCH3 is 1. The van der Waals surface area contributed by atoms with E-state index in [4.69, 9.17) is 25.8 Å². The van der Waals surface area contributed by atoms with Gasteiger partial charge in [0.25, 0.3) is 0 Å². The van der Waals surface area contributed by atoms with Crippen molar-refractivity contribution in [1.29, 1.82) is 0 Å². The van der Waals surface area contributed by atoms with Crippen molar-refractivity contribution in [3.8, 4) is 11.5 Å². The van der Waals surface area contributed by atoms with Gasteiger partial charge in [0.2, 0.25) is 0 Å². The third-order valence-electron chi connectivity index (χ3n) is 2.56. The van der Waals surface area contributed by atoms with Gasteiger partial charge in [-0.05, 0) is 12.1 Å². The molecule has 5 heteroatoms. The zero-order chi connectivity index (χ0) is 12.3. The molecule has 0 N–H and O–H groups in total. The summed E-state index contributed by atoms with van der Waals surface area (Å²) in [5.74, 6) is 0.932. The van der Waals surface area contributed by atoms with Crippen LogP contribution in [0, 0.1) is 0 Å². The highest BCUT2D eigenvalue weighted by molar-refractivity contribution is 6.32. The van der Waals surface area contributed by atoms with E-state index in [0.29, 0.717) is 35.3 Å². The van der Waals surface area contributed by atoms with E-state index < -0.39 is 0 Å². The molecule has 92 valence electrons. The lowest BCUT2D eigenvalue weighted by molar-refractivity contribution is 0.112. The van der Waals surface area contributed by atoms with E-state index in [-0.39, 0.29) is 6.10 Å². The minimum absolute atomic E-state index is 0.0107. The molecule has 1 heterocycles. The zero-order valence-corrected chi connectivity index (χ0v) is 10.2. The van der Waals surface area contributed by atoms with Crippen LogP contribution in [0.2, 0.25) is 5.02 Å². The molecule has 1 aromatic rings. The summed E-state index contributed by atoms with van der Waals surface area (Å²) in [6, 6.07) is 3.16. The Morgan fingerprint density at radius 2 is 2.35 bits per heavy atom. The van der Waals surface area contributed by atoms with E-state index in [1.165, 1.54) is 7.11 Å². The molecule has 0 aromatic heterocycles. The second-order valence-corrected chi connectivity index (χ2v) is 4.16. The van der Waals surface area contributed by atoms with E-state index in [1.54, 1.807) is 12.1 Å². The summed E-state index contributed by atoms with van der Waals surface area (Å²) in [6.45, 7) is 1.24. The Labute approximate surface area is 104 Å². The molecule has 1 saturated heterocycles. The van der Waals surface area contributed by atoms with E-state index in [0.717, 1.165) is 12.7 Å². The van der Waals surface area contributed by atoms with Crippen molar-refractivity contribution in [3.05, 3.63) is 22.7 Å². The van der Waals surface area contributed by atoms with Gasteiger partial charge in [-0.15, -0.1) is 0 Å². The minimum atomic E-state index is -0.0107. The molecule has 2 rings (SSSR count). The second-order valence-electron chi connectivity index (χ2n) is 3.76. The molecule has 0 radical (unpaired) electrons. The van der Waals surface area contributed by atoms with Crippen LogP contribution in [0.1, 0.15) is 16.8 Å². The lowest BCUT2D eigenvalue weighted by Gasteiger charge is -2.16. The average molecular weight is 257 g/mol. The molecule has 0 aliphatic carbocycles. The Morgan fingerprint density at radius 3 is 2.94 bits per heavy atom. The van der Waals surface area contributed by atoms with Crippen LogP contribution >= 0.6 is 11.6 Å². The predicted molar refractivity (Wildman–Crippen MR) is 63.2 cm³/mol. The molecular weight excluding hydrogens is 244 g/mol. The Balaban J connectivity index is 2.27. The zero-order valence-electron chi connectivity index (χ0n) is 9.44. The summed E-state index contributed by atoms with van der Waals surface area (Å²) in [4.78, 5) is 10.7. The Bertz CT molecular complexity index is 413. The highest BCUT2D eigenvalue weighted by atomic mass is 35.5. The van der Waals surface area contributed by atoms with Crippen molar-refractivity contribution < 1.29 is 19.0 Å². The number of aldehydes is 1. The number of rotatable bonds is 4. The Hall–Kier alpha value is -1.26. The molecule has 17 heavy (non-hydrogen) atoms. The molecule has 1 aromatic carbocycles. The molecule has 0 saturated carbocycles. The van der Waals surface area contributed by atoms with Crippen LogP contribution in [0.5, 0.6) is 11.5 Å². The van der Waals surface area contributed by atoms with Gasteiger partial charge in [-0.2, -0.15) is 0 Å². The van der Waals surface area contributed by atoms with Gasteiger partial charge in [-0.3, -0.25) is 4.79 Å². The number of hydrogen-bond donors (Lipinski definition) is 0. The van der Waals surface area contributed by atoms with Gasteiger partial charge in [0.1, 0.15) is 12.4 Å². The van der Waals surface area contributed by atoms with Crippen LogP contribution < -0.4 is 9.47 Å². The molecule has 1 aliphatic rings. The molecule has 1 atom stereocenters. The lowest BCUT2D eigenvalue weighted by Crippen LogP contribution is -2.16. The number of carbonyl (C=O) groups excluding carboxylic acids is 1. The molecule has 0 bridgehead atoms. The van der Waals surface area contributed by atoms with Crippen LogP contribution in [0.15, 0.2) is 12.1 Å². The fraction of sp³-hybridized carbons (Fsp3) is 0.417. The van der Waals surface area contributed by atoms with Crippen molar-refractivity contribution in [1.82, 2.24) is 0 Å². The highest BCUT2D eigenvalue weighted by Gasteiger charge is 2.21. The van der Waals surface area contributed by atoms with Gasteiger partial charge >= 0.3 is 0 Å². The summed E-state index contributed by atoms with van der Waals surface area (Å²) >= 11 is 6.07. The maximum Gasteiger partial charge on any atom is 0.180 e. The summed E-state index contributed by atoms with van der Waals surface area (Å²) in [7, 11) is 1.51. The molecule has 1 aliphatic heterocycles. The van der Waals surface area contributed by atoms with Gasteiger partial charge < -0.3 is 14.2 Å². The minimum Gasteiger partial charge on any atom is -0.493 e. The van der Waals surface area contributed by atoms with Crippen LogP contribution in [0.25, 0.3) is 0 Å². The first-order valence-corrected chi connectivity index (χ1v) is 5.69. The number of halogens is 1. The van der Waals surface area contributed by atoms with E-state index in [2.05, 4.69) is 0 Å². The maximum absolute atomic E-state index is 10.7. The van der Waals surface area contributed by atoms with Crippen molar-refractivity contribution in [3.63, 3.8) is 0 Å². The van der Waals surface area contributed by atoms with Gasteiger partial charge in [-0.1, -0.05) is 11.6 Å². The van der Waals surface area contributed by atoms with Crippen molar-refractivity contribution in [2.24, 2.45) is 0 Å². The monoisotopic (exact) mass is 256 g/mol. The molecule has 4 nitrogen and oxygen atoms in total. The van der Waals surface area contributed by atoms with Gasteiger partial charge in [-0.25, -0.2) is 0 Å². The third kappa shape index (κ3) is 2.70. The summed E-state index contributed by atoms with van der Waals surface area (Å²) in [5.41, 5.74) is 0.460. The number of hydrogen-bond acceptors (Lipinski definition) is 4. The number of benzene rings is 1. The quantitative estimate of drug-likeness (QED) is 0.776. The molecule has 0 spiro atoms. The first-order chi connectivity index (χ1) is 8.24. The molecule has 1 unspecified atom stereocenters. The maximum atomic E-state index is 10.7. The summed E-state index contributed by atoms with van der Waals surface area (Å²) in [6.07, 6.45) is 1.54. The third-order valence-corrected chi connectivity index (χ3v) is 2.84. The van der Waals surface area contributed by atoms with Crippen LogP contribution in [0.4, 0.5) is 0 Å². The average Bonchev–Trinajstić information content (AvgIpc) is 2.84. The number of ether oxygens (including phenoxy) is 3. The normalized spacial score (nSPS) is 19.1. The van der Waals surface area contributed by atoms with Crippen molar-refractivity contribution >= 4 is 17.9 Å². The first-order valence-electron chi connectivity index (χ1n) is 5.31. The Morgan fingerprint density at radius 1 is 1.53 bits per heavy atom. The fourth-order valence-electron chi connectivity index (χ4n) is 1.69. The topological polar surface area (TPSA) is 44.8 Å². The Kier molecular flexibility index (Phi) is 3.86. The van der Waals surface area contributed by atoms with Gasteiger partial charge in [0, 0.05) is 12.0 Å². The molecule has 1 fully saturated rings. The SMILES string of the molecule is COc1cc(C=O)cc(Cl)c1OC1CCOC1. The van der Waals surface area contributed by atoms with Crippen molar-refractivity contribution in [2.75, 3.05) is 20.3 Å². The lowest BCUT2D eigenvalue weighted by atomic mass is 10.2. The van der Waals surface area contributed by atoms with Gasteiger partial charge in [0.15, 0.2) is 11.5 Å². The van der Waals surface area contributed by atoms with E-state index >= 15 is 0 Å². The summed E-state index contributed by atoms with van der Waals surface area (Å²) < 4.78 is 16.1. The smallest absolute Gasteiger partial charge is 0.180 e. The van der Waals surface area contributed by atoms with E-state index in [9.17, 15) is 4.79 Å².